The molecule has 0 unspecified atom stereocenters. The van der Waals surface area contributed by atoms with Gasteiger partial charge in [-0.15, -0.1) is 11.3 Å². The Bertz CT molecular complexity index is 1450. The molecule has 2 aromatic carbocycles. The van der Waals surface area contributed by atoms with Crippen LogP contribution in [-0.4, -0.2) is 15.9 Å². The number of anilines is 2. The second kappa shape index (κ2) is 7.49. The van der Waals surface area contributed by atoms with Crippen molar-refractivity contribution in [1.29, 1.82) is 0 Å². The number of nitrogens with zero attached hydrogens (tertiary/aromatic N) is 2. The largest absolute Gasteiger partial charge is 0.397 e. The van der Waals surface area contributed by atoms with Crippen molar-refractivity contribution < 1.29 is 4.79 Å². The molecule has 0 fully saturated rings. The molecule has 0 saturated carbocycles. The van der Waals surface area contributed by atoms with Crippen molar-refractivity contribution in [2.75, 3.05) is 11.1 Å². The smallest absolute Gasteiger partial charge is 0.267 e. The van der Waals surface area contributed by atoms with Gasteiger partial charge in [0.05, 0.1) is 22.6 Å². The van der Waals surface area contributed by atoms with Gasteiger partial charge in [0.15, 0.2) is 0 Å². The number of pyridine rings is 2. The van der Waals surface area contributed by atoms with Gasteiger partial charge in [0.25, 0.3) is 5.91 Å². The third-order valence-corrected chi connectivity index (χ3v) is 6.35. The Morgan fingerprint density at radius 3 is 2.52 bits per heavy atom. The fourth-order valence-electron chi connectivity index (χ4n) is 3.64. The van der Waals surface area contributed by atoms with E-state index in [4.69, 9.17) is 10.7 Å². The quantitative estimate of drug-likeness (QED) is 0.374. The molecule has 31 heavy (non-hydrogen) atoms. The summed E-state index contributed by atoms with van der Waals surface area (Å²) in [7, 11) is 0. The molecule has 5 nitrogen and oxygen atoms in total. The van der Waals surface area contributed by atoms with E-state index >= 15 is 0 Å². The first-order chi connectivity index (χ1) is 15.0. The van der Waals surface area contributed by atoms with E-state index in [9.17, 15) is 4.79 Å². The molecule has 6 heteroatoms. The van der Waals surface area contributed by atoms with E-state index in [1.54, 1.807) is 0 Å². The molecule has 0 aliphatic rings. The van der Waals surface area contributed by atoms with Crippen LogP contribution in [-0.2, 0) is 0 Å². The third-order valence-electron chi connectivity index (χ3n) is 5.24. The lowest BCUT2D eigenvalue weighted by Crippen LogP contribution is -2.12. The van der Waals surface area contributed by atoms with Gasteiger partial charge in [0, 0.05) is 22.0 Å². The van der Waals surface area contributed by atoms with E-state index in [0.29, 0.717) is 10.6 Å². The minimum Gasteiger partial charge on any atom is -0.397 e. The number of amides is 1. The van der Waals surface area contributed by atoms with Crippen molar-refractivity contribution in [2.24, 2.45) is 0 Å². The number of nitrogens with two attached hydrogens (primary N) is 1. The molecule has 3 aromatic heterocycles. The van der Waals surface area contributed by atoms with Gasteiger partial charge in [-0.2, -0.15) is 0 Å². The summed E-state index contributed by atoms with van der Waals surface area (Å²) in [5, 5.41) is 4.70. The third kappa shape index (κ3) is 3.51. The van der Waals surface area contributed by atoms with Crippen LogP contribution in [0.25, 0.3) is 32.4 Å². The van der Waals surface area contributed by atoms with Gasteiger partial charge in [0.1, 0.15) is 9.71 Å². The molecular weight excluding hydrogens is 404 g/mol. The normalized spacial score (nSPS) is 11.2. The number of thiophene rings is 1. The van der Waals surface area contributed by atoms with Crippen molar-refractivity contribution >= 4 is 49.7 Å². The number of para-hydroxylation sites is 1. The number of aromatic nitrogens is 2. The lowest BCUT2D eigenvalue weighted by atomic mass is 10.1. The summed E-state index contributed by atoms with van der Waals surface area (Å²) in [6.07, 6.45) is 0. The maximum absolute atomic E-state index is 13.1. The fraction of sp³-hybridized carbons (Fsp3) is 0.0800. The average Bonchev–Trinajstić information content (AvgIpc) is 3.10. The number of aryl methyl sites for hydroxylation is 2. The van der Waals surface area contributed by atoms with E-state index in [0.717, 1.165) is 43.8 Å². The number of nitrogens with one attached hydrogen (secondary N) is 1. The van der Waals surface area contributed by atoms with Crippen molar-refractivity contribution in [3.8, 4) is 11.3 Å². The molecule has 0 aliphatic carbocycles. The highest BCUT2D eigenvalue weighted by Gasteiger charge is 2.19. The summed E-state index contributed by atoms with van der Waals surface area (Å²) in [6.45, 7) is 3.96. The van der Waals surface area contributed by atoms with Gasteiger partial charge in [-0.05, 0) is 38.1 Å². The first kappa shape index (κ1) is 19.2. The number of benzene rings is 2. The molecule has 3 N–H and O–H groups in total. The second-order valence-corrected chi connectivity index (χ2v) is 8.54. The first-order valence-electron chi connectivity index (χ1n) is 9.93. The highest BCUT2D eigenvalue weighted by Crippen LogP contribution is 2.35. The molecule has 0 saturated heterocycles. The first-order valence-corrected chi connectivity index (χ1v) is 10.7. The standard InChI is InChI=1S/C25H20N4OS/c1-14-7-9-16(10-8-14)19-12-11-18-22(26)23(31-25(18)29-19)24(30)28-21-13-15(2)27-20-6-4-3-5-17(20)21/h3-13H,26H2,1-2H3,(H,27,28,30). The van der Waals surface area contributed by atoms with Gasteiger partial charge in [-0.3, -0.25) is 9.78 Å². The maximum atomic E-state index is 13.1. The summed E-state index contributed by atoms with van der Waals surface area (Å²) in [4.78, 5) is 23.6. The topological polar surface area (TPSA) is 80.9 Å². The molecule has 5 aromatic rings. The highest BCUT2D eigenvalue weighted by molar-refractivity contribution is 7.21. The van der Waals surface area contributed by atoms with Crippen LogP contribution in [0.4, 0.5) is 11.4 Å². The van der Waals surface area contributed by atoms with Crippen molar-refractivity contribution in [1.82, 2.24) is 9.97 Å². The Kier molecular flexibility index (Phi) is 4.64. The number of hydrogen-bond acceptors (Lipinski definition) is 5. The Morgan fingerprint density at radius 2 is 1.71 bits per heavy atom. The molecule has 0 bridgehead atoms. The molecule has 3 heterocycles. The van der Waals surface area contributed by atoms with Crippen LogP contribution in [0.2, 0.25) is 0 Å². The fourth-order valence-corrected chi connectivity index (χ4v) is 4.63. The summed E-state index contributed by atoms with van der Waals surface area (Å²) >= 11 is 1.31. The Hall–Kier alpha value is -3.77. The number of fused-ring (bicyclic) bond motifs is 2. The van der Waals surface area contributed by atoms with Crippen LogP contribution in [0.3, 0.4) is 0 Å². The molecule has 152 valence electrons. The number of rotatable bonds is 3. The zero-order valence-corrected chi connectivity index (χ0v) is 18.0. The number of carbonyl (C=O) groups is 1. The minimum absolute atomic E-state index is 0.242. The molecule has 0 spiro atoms. The molecule has 0 aliphatic heterocycles. The molecule has 0 radical (unpaired) electrons. The Balaban J connectivity index is 1.52. The van der Waals surface area contributed by atoms with Crippen LogP contribution < -0.4 is 11.1 Å². The molecule has 1 amide bonds. The van der Waals surface area contributed by atoms with Crippen molar-refractivity contribution in [2.45, 2.75) is 13.8 Å². The summed E-state index contributed by atoms with van der Waals surface area (Å²) < 4.78 is 0. The van der Waals surface area contributed by atoms with E-state index in [1.165, 1.54) is 16.9 Å². The van der Waals surface area contributed by atoms with Gasteiger partial charge >= 0.3 is 0 Å². The van der Waals surface area contributed by atoms with Gasteiger partial charge in [-0.25, -0.2) is 4.98 Å². The number of carbonyl (C=O) groups excluding carboxylic acids is 1. The van der Waals surface area contributed by atoms with Crippen LogP contribution in [0.15, 0.2) is 66.7 Å². The van der Waals surface area contributed by atoms with Gasteiger partial charge < -0.3 is 11.1 Å². The van der Waals surface area contributed by atoms with E-state index in [-0.39, 0.29) is 5.91 Å². The number of nitrogen functional groups attached to an aromatic ring is 1. The van der Waals surface area contributed by atoms with Crippen LogP contribution in [0.1, 0.15) is 20.9 Å². The molecular formula is C25H20N4OS. The SMILES string of the molecule is Cc1ccc(-c2ccc3c(N)c(C(=O)Nc4cc(C)nc5ccccc45)sc3n2)cc1. The lowest BCUT2D eigenvalue weighted by Gasteiger charge is -2.09. The summed E-state index contributed by atoms with van der Waals surface area (Å²) in [5.74, 6) is -0.242. The van der Waals surface area contributed by atoms with Crippen LogP contribution in [0, 0.1) is 13.8 Å². The van der Waals surface area contributed by atoms with Crippen LogP contribution in [0.5, 0.6) is 0 Å². The van der Waals surface area contributed by atoms with Crippen LogP contribution >= 0.6 is 11.3 Å². The van der Waals surface area contributed by atoms with Gasteiger partial charge in [0.2, 0.25) is 0 Å². The second-order valence-electron chi connectivity index (χ2n) is 7.54. The maximum Gasteiger partial charge on any atom is 0.267 e. The van der Waals surface area contributed by atoms with E-state index < -0.39 is 0 Å². The number of hydrogen-bond donors (Lipinski definition) is 2. The van der Waals surface area contributed by atoms with Crippen molar-refractivity contribution in [3.63, 3.8) is 0 Å². The van der Waals surface area contributed by atoms with E-state index in [1.807, 2.05) is 61.5 Å². The summed E-state index contributed by atoms with van der Waals surface area (Å²) in [6, 6.07) is 21.7. The highest BCUT2D eigenvalue weighted by atomic mass is 32.1. The minimum atomic E-state index is -0.242. The lowest BCUT2D eigenvalue weighted by molar-refractivity contribution is 0.103. The monoisotopic (exact) mass is 424 g/mol. The molecule has 5 rings (SSSR count). The zero-order chi connectivity index (χ0) is 21.5. The van der Waals surface area contributed by atoms with Crippen molar-refractivity contribution in [3.05, 3.63) is 82.9 Å². The predicted octanol–water partition coefficient (Wildman–Crippen LogP) is 5.96. The Labute approximate surface area is 183 Å². The molecule has 0 atom stereocenters. The predicted molar refractivity (Wildman–Crippen MR) is 129 cm³/mol. The summed E-state index contributed by atoms with van der Waals surface area (Å²) in [5.41, 5.74) is 12.3. The Morgan fingerprint density at radius 1 is 0.935 bits per heavy atom. The van der Waals surface area contributed by atoms with Gasteiger partial charge in [-0.1, -0.05) is 48.0 Å². The zero-order valence-electron chi connectivity index (χ0n) is 17.1. The average molecular weight is 425 g/mol. The van der Waals surface area contributed by atoms with E-state index in [2.05, 4.69) is 29.4 Å².